The minimum absolute atomic E-state index is 0. The molecule has 0 amide bonds. The first-order valence-electron chi connectivity index (χ1n) is 7.63. The van der Waals surface area contributed by atoms with Gasteiger partial charge in [-0.1, -0.05) is 91.0 Å². The number of benzene rings is 3. The van der Waals surface area contributed by atoms with Gasteiger partial charge < -0.3 is 0 Å². The molecule has 3 aromatic rings. The van der Waals surface area contributed by atoms with E-state index in [9.17, 15) is 0 Å². The molecule has 2 nitrogen and oxygen atoms in total. The molecular weight excluding hydrogens is 418 g/mol. The Morgan fingerprint density at radius 2 is 0.875 bits per heavy atom. The Balaban J connectivity index is 0.00000169. The van der Waals surface area contributed by atoms with Crippen LogP contribution in [0.15, 0.2) is 96.0 Å². The van der Waals surface area contributed by atoms with E-state index < -0.39 is 0 Å². The van der Waals surface area contributed by atoms with Crippen LogP contribution in [0.4, 0.5) is 0 Å². The fourth-order valence-electron chi connectivity index (χ4n) is 2.65. The van der Waals surface area contributed by atoms with Crippen molar-refractivity contribution in [2.24, 2.45) is 4.99 Å². The van der Waals surface area contributed by atoms with Gasteiger partial charge in [0.05, 0.1) is 11.4 Å². The van der Waals surface area contributed by atoms with Crippen molar-refractivity contribution < 1.29 is 0 Å². The molecule has 0 bridgehead atoms. The number of nitrogens with zero attached hydrogens (tertiary/aromatic N) is 2. The Morgan fingerprint density at radius 3 is 1.38 bits per heavy atom. The summed E-state index contributed by atoms with van der Waals surface area (Å²) < 4.78 is 0. The third-order valence-corrected chi connectivity index (χ3v) is 3.79. The summed E-state index contributed by atoms with van der Waals surface area (Å²) in [6.07, 6.45) is 0. The van der Waals surface area contributed by atoms with E-state index in [0.29, 0.717) is 0 Å². The predicted octanol–water partition coefficient (Wildman–Crippen LogP) is 3.66. The molecule has 0 fully saturated rings. The molecule has 1 aliphatic rings. The van der Waals surface area contributed by atoms with E-state index in [1.807, 2.05) is 66.7 Å². The van der Waals surface area contributed by atoms with Gasteiger partial charge in [0.15, 0.2) is 5.84 Å². The maximum absolute atomic E-state index is 4.82. The van der Waals surface area contributed by atoms with Gasteiger partial charge in [-0.25, -0.2) is 10.3 Å². The Morgan fingerprint density at radius 1 is 0.458 bits per heavy atom. The molecule has 1 radical (unpaired) electrons. The molecule has 0 N–H and O–H groups in total. The number of hydrogen-bond donors (Lipinski definition) is 0. The second kappa shape index (κ2) is 8.01. The molecule has 0 spiro atoms. The Hall–Kier alpha value is -1.56. The van der Waals surface area contributed by atoms with Crippen LogP contribution in [0.5, 0.6) is 0 Å². The first-order valence-corrected chi connectivity index (χ1v) is 7.63. The Bertz CT molecular complexity index is 869. The standard InChI is InChI=1S/C21H15N2.Ba.2H/c1-4-10-16(11-5-1)19-20(17-12-6-2-7-13-17)23-21(22-19)18-14-8-3-9-15-18;;;/h1-15H;;;. The van der Waals surface area contributed by atoms with Crippen molar-refractivity contribution in [1.82, 2.24) is 5.32 Å². The summed E-state index contributed by atoms with van der Waals surface area (Å²) in [6, 6.07) is 30.5. The third-order valence-electron chi connectivity index (χ3n) is 3.79. The molecule has 0 atom stereocenters. The maximum Gasteiger partial charge on any atom is 0.160 e. The van der Waals surface area contributed by atoms with Crippen molar-refractivity contribution in [3.05, 3.63) is 108 Å². The van der Waals surface area contributed by atoms with Crippen LogP contribution in [0.3, 0.4) is 0 Å². The molecule has 24 heavy (non-hydrogen) atoms. The average Bonchev–Trinajstić information content (AvgIpc) is 3.09. The molecule has 0 unspecified atom stereocenters. The van der Waals surface area contributed by atoms with Crippen molar-refractivity contribution in [1.29, 1.82) is 0 Å². The number of amidine groups is 1. The quantitative estimate of drug-likeness (QED) is 0.563. The molecule has 3 aromatic carbocycles. The minimum atomic E-state index is 0. The van der Waals surface area contributed by atoms with Crippen LogP contribution in [0, 0.1) is 0 Å². The summed E-state index contributed by atoms with van der Waals surface area (Å²) in [5, 5.41) is 4.82. The molecule has 1 aliphatic heterocycles. The van der Waals surface area contributed by atoms with Crippen LogP contribution in [0.2, 0.25) is 0 Å². The summed E-state index contributed by atoms with van der Waals surface area (Å²) in [5.74, 6) is 0.767. The van der Waals surface area contributed by atoms with Gasteiger partial charge in [0.1, 0.15) is 0 Å². The third kappa shape index (κ3) is 3.58. The largest absolute Gasteiger partial charge is 0.226 e. The fraction of sp³-hybridized carbons (Fsp3) is 0. The van der Waals surface area contributed by atoms with Gasteiger partial charge in [0.2, 0.25) is 0 Å². The van der Waals surface area contributed by atoms with Gasteiger partial charge in [-0.3, -0.25) is 0 Å². The van der Waals surface area contributed by atoms with Crippen molar-refractivity contribution in [2.45, 2.75) is 0 Å². The smallest absolute Gasteiger partial charge is 0.160 e. The van der Waals surface area contributed by atoms with E-state index in [0.717, 1.165) is 33.9 Å². The topological polar surface area (TPSA) is 26.5 Å². The summed E-state index contributed by atoms with van der Waals surface area (Å²) in [5.41, 5.74) is 5.06. The number of hydrogen-bond acceptors (Lipinski definition) is 1. The molecule has 0 saturated carbocycles. The van der Waals surface area contributed by atoms with Crippen molar-refractivity contribution in [3.8, 4) is 0 Å². The molecule has 113 valence electrons. The molecule has 0 aromatic heterocycles. The molecule has 4 rings (SSSR count). The van der Waals surface area contributed by atoms with Crippen LogP contribution in [0.25, 0.3) is 11.4 Å². The van der Waals surface area contributed by atoms with Crippen molar-refractivity contribution in [3.63, 3.8) is 0 Å². The second-order valence-electron chi connectivity index (χ2n) is 5.34. The molecular formula is C21H17BaN2. The zero-order chi connectivity index (χ0) is 15.5. The summed E-state index contributed by atoms with van der Waals surface area (Å²) in [4.78, 5) is 4.82. The van der Waals surface area contributed by atoms with Gasteiger partial charge in [-0.05, 0) is 0 Å². The first-order chi connectivity index (χ1) is 11.4. The summed E-state index contributed by atoms with van der Waals surface area (Å²) in [6.45, 7) is 0. The first kappa shape index (κ1) is 17.3. The van der Waals surface area contributed by atoms with E-state index >= 15 is 0 Å². The summed E-state index contributed by atoms with van der Waals surface area (Å²) in [7, 11) is 0. The van der Waals surface area contributed by atoms with Crippen LogP contribution in [-0.2, 0) is 0 Å². The Labute approximate surface area is 182 Å². The average molecular weight is 435 g/mol. The second-order valence-corrected chi connectivity index (χ2v) is 5.34. The fourth-order valence-corrected chi connectivity index (χ4v) is 2.65. The molecule has 3 heteroatoms. The Kier molecular flexibility index (Phi) is 5.77. The SMILES string of the molecule is [BaH2].c1ccc(C2=NC(c3ccccc3)=C(c3ccccc3)[N]2)cc1. The minimum Gasteiger partial charge on any atom is -0.226 e. The monoisotopic (exact) mass is 435 g/mol. The van der Waals surface area contributed by atoms with E-state index in [4.69, 9.17) is 10.3 Å². The van der Waals surface area contributed by atoms with Crippen LogP contribution < -0.4 is 5.32 Å². The van der Waals surface area contributed by atoms with Crippen LogP contribution in [-0.4, -0.2) is 54.7 Å². The normalized spacial score (nSPS) is 13.1. The van der Waals surface area contributed by atoms with Crippen LogP contribution in [0.1, 0.15) is 16.7 Å². The summed E-state index contributed by atoms with van der Waals surface area (Å²) >= 11 is 0. The predicted molar refractivity (Wildman–Crippen MR) is 103 cm³/mol. The number of aliphatic imine (C=N–C) groups is 1. The van der Waals surface area contributed by atoms with E-state index in [2.05, 4.69) is 24.3 Å². The van der Waals surface area contributed by atoms with E-state index in [-0.39, 0.29) is 48.9 Å². The van der Waals surface area contributed by atoms with Crippen molar-refractivity contribution in [2.75, 3.05) is 0 Å². The molecule has 0 saturated heterocycles. The zero-order valence-corrected chi connectivity index (χ0v) is 12.6. The van der Waals surface area contributed by atoms with E-state index in [1.165, 1.54) is 0 Å². The van der Waals surface area contributed by atoms with Gasteiger partial charge in [-0.15, -0.1) is 0 Å². The van der Waals surface area contributed by atoms with Gasteiger partial charge in [0.25, 0.3) is 0 Å². The van der Waals surface area contributed by atoms with Gasteiger partial charge in [-0.2, -0.15) is 0 Å². The molecule has 0 aliphatic carbocycles. The van der Waals surface area contributed by atoms with Gasteiger partial charge >= 0.3 is 48.9 Å². The maximum atomic E-state index is 4.82. The van der Waals surface area contributed by atoms with Crippen LogP contribution >= 0.6 is 0 Å². The van der Waals surface area contributed by atoms with Gasteiger partial charge in [0, 0.05) is 16.7 Å². The zero-order valence-electron chi connectivity index (χ0n) is 12.6. The van der Waals surface area contributed by atoms with Crippen molar-refractivity contribution >= 4 is 66.1 Å². The number of rotatable bonds is 3. The molecule has 1 heterocycles. The van der Waals surface area contributed by atoms with E-state index in [1.54, 1.807) is 0 Å².